The topological polar surface area (TPSA) is 60.4 Å². The summed E-state index contributed by atoms with van der Waals surface area (Å²) in [5.74, 6) is 1.24. The second-order valence-corrected chi connectivity index (χ2v) is 8.46. The van der Waals surface area contributed by atoms with E-state index < -0.39 is 0 Å². The zero-order valence-corrected chi connectivity index (χ0v) is 18.8. The molecular weight excluding hydrogens is 412 g/mol. The number of carbonyl (C=O) groups is 1. The van der Waals surface area contributed by atoms with Crippen molar-refractivity contribution in [3.63, 3.8) is 0 Å². The Bertz CT molecular complexity index is 1010. The van der Waals surface area contributed by atoms with Gasteiger partial charge in [-0.3, -0.25) is 9.69 Å². The largest absolute Gasteiger partial charge is 0.493 e. The lowest BCUT2D eigenvalue weighted by Gasteiger charge is -2.19. The summed E-state index contributed by atoms with van der Waals surface area (Å²) >= 11 is 1.39. The highest BCUT2D eigenvalue weighted by molar-refractivity contribution is 8.18. The molecule has 2 saturated heterocycles. The van der Waals surface area contributed by atoms with Crippen molar-refractivity contribution < 1.29 is 19.0 Å². The summed E-state index contributed by atoms with van der Waals surface area (Å²) in [6.07, 6.45) is 3.94. The number of nitrogens with zero attached hydrogens (tertiary/aromatic N) is 2. The van der Waals surface area contributed by atoms with Crippen LogP contribution in [0.3, 0.4) is 0 Å². The molecule has 31 heavy (non-hydrogen) atoms. The van der Waals surface area contributed by atoms with Crippen LogP contribution in [0.15, 0.2) is 52.4 Å². The quantitative estimate of drug-likeness (QED) is 0.607. The van der Waals surface area contributed by atoms with Crippen molar-refractivity contribution >= 4 is 34.6 Å². The molecule has 7 heteroatoms. The number of carbonyl (C=O) groups excluding carboxylic acids is 1. The molecule has 1 amide bonds. The molecule has 0 saturated carbocycles. The van der Waals surface area contributed by atoms with E-state index in [0.717, 1.165) is 36.3 Å². The van der Waals surface area contributed by atoms with Gasteiger partial charge in [0.2, 0.25) is 0 Å². The molecule has 4 rings (SSSR count). The molecule has 162 valence electrons. The summed E-state index contributed by atoms with van der Waals surface area (Å²) in [6.45, 7) is 3.25. The summed E-state index contributed by atoms with van der Waals surface area (Å²) in [7, 11) is 3.22. The molecule has 1 atom stereocenters. The Morgan fingerprint density at radius 1 is 1.19 bits per heavy atom. The molecule has 0 unspecified atom stereocenters. The van der Waals surface area contributed by atoms with Gasteiger partial charge in [-0.15, -0.1) is 0 Å². The van der Waals surface area contributed by atoms with Gasteiger partial charge >= 0.3 is 0 Å². The minimum absolute atomic E-state index is 0.0488. The molecule has 6 nitrogen and oxygen atoms in total. The van der Waals surface area contributed by atoms with Crippen LogP contribution in [0.25, 0.3) is 6.08 Å². The first-order valence-corrected chi connectivity index (χ1v) is 11.1. The molecule has 0 bridgehead atoms. The Labute approximate surface area is 186 Å². The van der Waals surface area contributed by atoms with Gasteiger partial charge in [-0.25, -0.2) is 4.99 Å². The van der Waals surface area contributed by atoms with E-state index in [2.05, 4.69) is 0 Å². The van der Waals surface area contributed by atoms with E-state index in [-0.39, 0.29) is 12.0 Å². The maximum Gasteiger partial charge on any atom is 0.266 e. The van der Waals surface area contributed by atoms with E-state index in [1.165, 1.54) is 11.8 Å². The Hall–Kier alpha value is -2.77. The van der Waals surface area contributed by atoms with Gasteiger partial charge in [0.15, 0.2) is 16.7 Å². The van der Waals surface area contributed by atoms with E-state index in [4.69, 9.17) is 19.2 Å². The van der Waals surface area contributed by atoms with Crippen molar-refractivity contribution in [2.75, 3.05) is 27.4 Å². The van der Waals surface area contributed by atoms with Crippen molar-refractivity contribution in [1.29, 1.82) is 0 Å². The summed E-state index contributed by atoms with van der Waals surface area (Å²) < 4.78 is 16.6. The number of benzene rings is 2. The Kier molecular flexibility index (Phi) is 6.63. The van der Waals surface area contributed by atoms with Gasteiger partial charge in [-0.05, 0) is 73.0 Å². The first-order chi connectivity index (χ1) is 15.1. The van der Waals surface area contributed by atoms with E-state index in [1.807, 2.05) is 55.5 Å². The fraction of sp³-hybridized carbons (Fsp3) is 0.333. The maximum atomic E-state index is 13.3. The van der Waals surface area contributed by atoms with Gasteiger partial charge in [-0.2, -0.15) is 0 Å². The fourth-order valence-electron chi connectivity index (χ4n) is 3.65. The number of amidine groups is 1. The predicted molar refractivity (Wildman–Crippen MR) is 124 cm³/mol. The molecule has 0 aliphatic carbocycles. The summed E-state index contributed by atoms with van der Waals surface area (Å²) in [5.41, 5.74) is 2.72. The monoisotopic (exact) mass is 438 g/mol. The van der Waals surface area contributed by atoms with Crippen LogP contribution >= 0.6 is 11.8 Å². The van der Waals surface area contributed by atoms with Crippen molar-refractivity contribution in [3.05, 3.63) is 58.5 Å². The third-order valence-electron chi connectivity index (χ3n) is 5.34. The molecule has 0 N–H and O–H groups in total. The normalized spacial score (nSPS) is 21.3. The third kappa shape index (κ3) is 4.78. The van der Waals surface area contributed by atoms with E-state index in [1.54, 1.807) is 19.1 Å². The highest BCUT2D eigenvalue weighted by atomic mass is 32.2. The summed E-state index contributed by atoms with van der Waals surface area (Å²) in [5, 5.41) is 0.677. The van der Waals surface area contributed by atoms with Gasteiger partial charge < -0.3 is 14.2 Å². The Morgan fingerprint density at radius 2 is 1.94 bits per heavy atom. The summed E-state index contributed by atoms with van der Waals surface area (Å²) in [4.78, 5) is 20.5. The number of hydrogen-bond acceptors (Lipinski definition) is 6. The standard InChI is InChI=1S/C24H26N2O4S/c1-16-12-20(28-2)21(29-3)13-17(16)14-22-23(27)26(15-19-10-7-11-30-19)24(31-22)25-18-8-5-4-6-9-18/h4-6,8-9,12-14,19H,7,10-11,15H2,1-3H3/b22-14-,25-24?/t19-/m1/s1. The molecule has 0 radical (unpaired) electrons. The van der Waals surface area contributed by atoms with Crippen molar-refractivity contribution in [2.24, 2.45) is 4.99 Å². The first-order valence-electron chi connectivity index (χ1n) is 10.3. The number of para-hydroxylation sites is 1. The van der Waals surface area contributed by atoms with Crippen LogP contribution in [0.1, 0.15) is 24.0 Å². The molecular formula is C24H26N2O4S. The van der Waals surface area contributed by atoms with Gasteiger partial charge in [-0.1, -0.05) is 18.2 Å². The number of methoxy groups -OCH3 is 2. The maximum absolute atomic E-state index is 13.3. The van der Waals surface area contributed by atoms with Crippen LogP contribution in [0.5, 0.6) is 11.5 Å². The zero-order valence-electron chi connectivity index (χ0n) is 18.0. The highest BCUT2D eigenvalue weighted by Gasteiger charge is 2.36. The van der Waals surface area contributed by atoms with Crippen LogP contribution in [0.2, 0.25) is 0 Å². The molecule has 2 aromatic carbocycles. The van der Waals surface area contributed by atoms with E-state index in [9.17, 15) is 4.79 Å². The number of hydrogen-bond donors (Lipinski definition) is 0. The molecule has 2 heterocycles. The van der Waals surface area contributed by atoms with Crippen molar-refractivity contribution in [1.82, 2.24) is 4.90 Å². The Balaban J connectivity index is 1.68. The average molecular weight is 439 g/mol. The first kappa shape index (κ1) is 21.5. The number of aryl methyl sites for hydroxylation is 1. The number of rotatable bonds is 6. The lowest BCUT2D eigenvalue weighted by Crippen LogP contribution is -2.36. The predicted octanol–water partition coefficient (Wildman–Crippen LogP) is 4.80. The van der Waals surface area contributed by atoms with Crippen LogP contribution in [-0.4, -0.2) is 49.4 Å². The summed E-state index contributed by atoms with van der Waals surface area (Å²) in [6, 6.07) is 13.5. The zero-order chi connectivity index (χ0) is 21.8. The number of amides is 1. The average Bonchev–Trinajstić information content (AvgIpc) is 3.40. The van der Waals surface area contributed by atoms with Crippen LogP contribution in [-0.2, 0) is 9.53 Å². The SMILES string of the molecule is COc1cc(C)c(/C=C2\SC(=Nc3ccccc3)N(C[C@H]3CCCO3)C2=O)cc1OC. The van der Waals surface area contributed by atoms with Gasteiger partial charge in [0.1, 0.15) is 0 Å². The number of aliphatic imine (C=N–C) groups is 1. The van der Waals surface area contributed by atoms with Gasteiger partial charge in [0.25, 0.3) is 5.91 Å². The van der Waals surface area contributed by atoms with Crippen LogP contribution in [0, 0.1) is 6.92 Å². The highest BCUT2D eigenvalue weighted by Crippen LogP contribution is 2.37. The third-order valence-corrected chi connectivity index (χ3v) is 6.34. The number of ether oxygens (including phenoxy) is 3. The minimum atomic E-state index is -0.0515. The molecule has 2 aromatic rings. The lowest BCUT2D eigenvalue weighted by molar-refractivity contribution is -0.123. The molecule has 2 aliphatic heterocycles. The Morgan fingerprint density at radius 3 is 2.61 bits per heavy atom. The second kappa shape index (κ2) is 9.58. The van der Waals surface area contributed by atoms with E-state index >= 15 is 0 Å². The van der Waals surface area contributed by atoms with Crippen LogP contribution in [0.4, 0.5) is 5.69 Å². The molecule has 2 fully saturated rings. The van der Waals surface area contributed by atoms with Gasteiger partial charge in [0, 0.05) is 6.61 Å². The molecule has 2 aliphatic rings. The number of thioether (sulfide) groups is 1. The van der Waals surface area contributed by atoms with Crippen molar-refractivity contribution in [2.45, 2.75) is 25.9 Å². The van der Waals surface area contributed by atoms with Gasteiger partial charge in [0.05, 0.1) is 37.5 Å². The second-order valence-electron chi connectivity index (χ2n) is 7.46. The molecule has 0 spiro atoms. The lowest BCUT2D eigenvalue weighted by atomic mass is 10.1. The minimum Gasteiger partial charge on any atom is -0.493 e. The smallest absolute Gasteiger partial charge is 0.266 e. The molecule has 0 aromatic heterocycles. The van der Waals surface area contributed by atoms with Crippen molar-refractivity contribution in [3.8, 4) is 11.5 Å². The fourth-order valence-corrected chi connectivity index (χ4v) is 4.65. The van der Waals surface area contributed by atoms with Crippen LogP contribution < -0.4 is 9.47 Å². The van der Waals surface area contributed by atoms with E-state index in [0.29, 0.717) is 28.1 Å².